The van der Waals surface area contributed by atoms with Gasteiger partial charge in [0.25, 0.3) is 15.9 Å². The lowest BCUT2D eigenvalue weighted by Crippen LogP contribution is -2.28. The molecule has 2 aromatic carbocycles. The number of ether oxygens (including phenoxy) is 2. The molecule has 180 valence electrons. The van der Waals surface area contributed by atoms with Crippen molar-refractivity contribution in [3.63, 3.8) is 0 Å². The highest BCUT2D eigenvalue weighted by molar-refractivity contribution is 7.93. The van der Waals surface area contributed by atoms with Crippen molar-refractivity contribution in [2.45, 2.75) is 11.8 Å². The van der Waals surface area contributed by atoms with Gasteiger partial charge in [0.1, 0.15) is 9.77 Å². The Kier molecular flexibility index (Phi) is 7.70. The van der Waals surface area contributed by atoms with Crippen molar-refractivity contribution in [2.75, 3.05) is 30.4 Å². The van der Waals surface area contributed by atoms with Gasteiger partial charge in [-0.15, -0.1) is 11.3 Å². The van der Waals surface area contributed by atoms with Crippen molar-refractivity contribution >= 4 is 56.2 Å². The Bertz CT molecular complexity index is 1340. The number of carbonyl (C=O) groups excluding carboxylic acids is 1. The summed E-state index contributed by atoms with van der Waals surface area (Å²) in [5.74, 6) is -1.09. The van der Waals surface area contributed by atoms with Crippen molar-refractivity contribution in [3.05, 3.63) is 63.3 Å². The van der Waals surface area contributed by atoms with E-state index in [1.54, 1.807) is 12.1 Å². The second-order valence-electron chi connectivity index (χ2n) is 6.82. The molecule has 0 saturated heterocycles. The van der Waals surface area contributed by atoms with Crippen LogP contribution in [0.5, 0.6) is 11.5 Å². The predicted octanol–water partition coefficient (Wildman–Crippen LogP) is 4.58. The number of hydrogen-bond donors (Lipinski definition) is 2. The highest BCUT2D eigenvalue weighted by Crippen LogP contribution is 2.36. The summed E-state index contributed by atoms with van der Waals surface area (Å²) in [6.45, 7) is 2.22. The SMILES string of the molecule is CCOc1ccc(N(C)S(=O)(=O)c2cc(Cl)sc2C(=O)Nc2cccc(C(=O)O)c2)cc1OC. The molecule has 0 saturated carbocycles. The molecule has 0 atom stereocenters. The van der Waals surface area contributed by atoms with Gasteiger partial charge in [-0.05, 0) is 43.3 Å². The topological polar surface area (TPSA) is 122 Å². The number of carboxylic acids is 1. The van der Waals surface area contributed by atoms with Crippen molar-refractivity contribution < 1.29 is 32.6 Å². The van der Waals surface area contributed by atoms with Gasteiger partial charge in [-0.2, -0.15) is 0 Å². The lowest BCUT2D eigenvalue weighted by Gasteiger charge is -2.21. The average Bonchev–Trinajstić information content (AvgIpc) is 3.22. The summed E-state index contributed by atoms with van der Waals surface area (Å²) in [5, 5.41) is 11.7. The number of rotatable bonds is 9. The molecule has 0 aliphatic heterocycles. The molecule has 3 rings (SSSR count). The fourth-order valence-corrected chi connectivity index (χ4v) is 5.90. The molecule has 0 unspecified atom stereocenters. The zero-order chi connectivity index (χ0) is 25.0. The van der Waals surface area contributed by atoms with Gasteiger partial charge in [-0.3, -0.25) is 9.10 Å². The van der Waals surface area contributed by atoms with Crippen molar-refractivity contribution in [1.82, 2.24) is 0 Å². The molecular weight excluding hydrogens is 504 g/mol. The van der Waals surface area contributed by atoms with E-state index in [4.69, 9.17) is 26.2 Å². The minimum absolute atomic E-state index is 0.0287. The van der Waals surface area contributed by atoms with E-state index in [2.05, 4.69) is 5.32 Å². The van der Waals surface area contributed by atoms with E-state index in [-0.39, 0.29) is 31.0 Å². The summed E-state index contributed by atoms with van der Waals surface area (Å²) in [7, 11) is -1.42. The van der Waals surface area contributed by atoms with E-state index in [1.165, 1.54) is 50.6 Å². The summed E-state index contributed by atoms with van der Waals surface area (Å²) >= 11 is 6.88. The van der Waals surface area contributed by atoms with Gasteiger partial charge in [0, 0.05) is 18.8 Å². The van der Waals surface area contributed by atoms with Gasteiger partial charge < -0.3 is 19.9 Å². The minimum Gasteiger partial charge on any atom is -0.493 e. The van der Waals surface area contributed by atoms with Gasteiger partial charge in [-0.1, -0.05) is 17.7 Å². The Labute approximate surface area is 205 Å². The lowest BCUT2D eigenvalue weighted by atomic mass is 10.2. The van der Waals surface area contributed by atoms with Gasteiger partial charge in [0.2, 0.25) is 0 Å². The van der Waals surface area contributed by atoms with E-state index >= 15 is 0 Å². The first-order chi connectivity index (χ1) is 16.1. The maximum Gasteiger partial charge on any atom is 0.335 e. The summed E-state index contributed by atoms with van der Waals surface area (Å²) in [6, 6.07) is 11.4. The van der Waals surface area contributed by atoms with E-state index in [0.29, 0.717) is 18.1 Å². The number of nitrogens with zero attached hydrogens (tertiary/aromatic N) is 1. The summed E-state index contributed by atoms with van der Waals surface area (Å²) < 4.78 is 38.7. The number of hydrogen-bond acceptors (Lipinski definition) is 7. The molecule has 0 radical (unpaired) electrons. The molecule has 0 bridgehead atoms. The third-order valence-electron chi connectivity index (χ3n) is 4.69. The third-order valence-corrected chi connectivity index (χ3v) is 7.89. The lowest BCUT2D eigenvalue weighted by molar-refractivity contribution is 0.0696. The highest BCUT2D eigenvalue weighted by atomic mass is 35.5. The zero-order valence-corrected chi connectivity index (χ0v) is 20.8. The molecule has 9 nitrogen and oxygen atoms in total. The second kappa shape index (κ2) is 10.3. The second-order valence-corrected chi connectivity index (χ2v) is 10.4. The van der Waals surface area contributed by atoms with Crippen LogP contribution in [-0.2, 0) is 10.0 Å². The monoisotopic (exact) mass is 524 g/mol. The molecule has 2 N–H and O–H groups in total. The maximum absolute atomic E-state index is 13.4. The quantitative estimate of drug-likeness (QED) is 0.420. The summed E-state index contributed by atoms with van der Waals surface area (Å²) in [4.78, 5) is 23.7. The number of thiophene rings is 1. The van der Waals surface area contributed by atoms with Crippen LogP contribution in [0.15, 0.2) is 53.4 Å². The molecule has 0 spiro atoms. The van der Waals surface area contributed by atoms with Gasteiger partial charge in [0.15, 0.2) is 11.5 Å². The van der Waals surface area contributed by atoms with Crippen molar-refractivity contribution in [2.24, 2.45) is 0 Å². The zero-order valence-electron chi connectivity index (χ0n) is 18.4. The van der Waals surface area contributed by atoms with Crippen LogP contribution >= 0.6 is 22.9 Å². The predicted molar refractivity (Wildman–Crippen MR) is 130 cm³/mol. The molecule has 1 amide bonds. The molecule has 1 heterocycles. The van der Waals surface area contributed by atoms with Crippen molar-refractivity contribution in [3.8, 4) is 11.5 Å². The van der Waals surface area contributed by atoms with Crippen LogP contribution in [0.2, 0.25) is 4.34 Å². The van der Waals surface area contributed by atoms with E-state index in [1.807, 2.05) is 6.92 Å². The van der Waals surface area contributed by atoms with Crippen LogP contribution in [0, 0.1) is 0 Å². The van der Waals surface area contributed by atoms with Crippen LogP contribution < -0.4 is 19.1 Å². The Hall–Kier alpha value is -3.28. The minimum atomic E-state index is -4.20. The molecule has 0 fully saturated rings. The van der Waals surface area contributed by atoms with Crippen molar-refractivity contribution in [1.29, 1.82) is 0 Å². The first-order valence-corrected chi connectivity index (χ1v) is 12.5. The Morgan fingerprint density at radius 1 is 1.15 bits per heavy atom. The first-order valence-electron chi connectivity index (χ1n) is 9.82. The van der Waals surface area contributed by atoms with Crippen LogP contribution in [0.4, 0.5) is 11.4 Å². The number of methoxy groups -OCH3 is 1. The number of carbonyl (C=O) groups is 2. The highest BCUT2D eigenvalue weighted by Gasteiger charge is 2.30. The summed E-state index contributed by atoms with van der Waals surface area (Å²) in [5.41, 5.74) is 0.449. The van der Waals surface area contributed by atoms with E-state index in [0.717, 1.165) is 15.6 Å². The number of anilines is 2. The Morgan fingerprint density at radius 2 is 1.88 bits per heavy atom. The fourth-order valence-electron chi connectivity index (χ4n) is 3.03. The third kappa shape index (κ3) is 5.27. The van der Waals surface area contributed by atoms with E-state index in [9.17, 15) is 18.0 Å². The number of halogens is 1. The van der Waals surface area contributed by atoms with Crippen LogP contribution in [0.1, 0.15) is 27.0 Å². The number of aromatic carboxylic acids is 1. The number of carboxylic acid groups (broad SMARTS) is 1. The van der Waals surface area contributed by atoms with E-state index < -0.39 is 21.9 Å². The van der Waals surface area contributed by atoms with Gasteiger partial charge >= 0.3 is 5.97 Å². The molecule has 3 aromatic rings. The van der Waals surface area contributed by atoms with Crippen LogP contribution in [0.3, 0.4) is 0 Å². The first kappa shape index (κ1) is 25.3. The van der Waals surface area contributed by atoms with Crippen LogP contribution in [-0.4, -0.2) is 46.2 Å². The van der Waals surface area contributed by atoms with Crippen LogP contribution in [0.25, 0.3) is 0 Å². The molecular formula is C22H21ClN2O7S2. The smallest absolute Gasteiger partial charge is 0.335 e. The average molecular weight is 525 g/mol. The Balaban J connectivity index is 1.95. The molecule has 34 heavy (non-hydrogen) atoms. The molecule has 0 aliphatic carbocycles. The maximum atomic E-state index is 13.4. The molecule has 12 heteroatoms. The number of amides is 1. The normalized spacial score (nSPS) is 11.1. The Morgan fingerprint density at radius 3 is 2.53 bits per heavy atom. The molecule has 0 aliphatic rings. The number of sulfonamides is 1. The van der Waals surface area contributed by atoms with Gasteiger partial charge in [0.05, 0.1) is 29.3 Å². The standard InChI is InChI=1S/C22H21ClN2O7S2/c1-4-32-16-9-8-15(11-17(16)31-3)25(2)34(29,30)18-12-19(23)33-20(18)21(26)24-14-7-5-6-13(10-14)22(27)28/h5-12H,4H2,1-3H3,(H,24,26)(H,27,28). The number of nitrogens with one attached hydrogen (secondary N) is 1. The largest absolute Gasteiger partial charge is 0.493 e. The number of benzene rings is 2. The summed E-state index contributed by atoms with van der Waals surface area (Å²) in [6.07, 6.45) is 0. The van der Waals surface area contributed by atoms with Gasteiger partial charge in [-0.25, -0.2) is 13.2 Å². The molecule has 1 aromatic heterocycles. The fraction of sp³-hybridized carbons (Fsp3) is 0.182.